The summed E-state index contributed by atoms with van der Waals surface area (Å²) in [5.41, 5.74) is 6.07. The Morgan fingerprint density at radius 1 is 1.57 bits per heavy atom. The Morgan fingerprint density at radius 3 is 2.86 bits per heavy atom. The second-order valence-corrected chi connectivity index (χ2v) is 2.58. The molecule has 4 nitrogen and oxygen atoms in total. The van der Waals surface area contributed by atoms with Crippen LogP contribution in [0, 0.1) is 5.82 Å². The maximum Gasteiger partial charge on any atom is 0.192 e. The minimum absolute atomic E-state index is 0.166. The lowest BCUT2D eigenvalue weighted by molar-refractivity contribution is 0.387. The molecule has 0 saturated carbocycles. The van der Waals surface area contributed by atoms with Crippen molar-refractivity contribution in [3.63, 3.8) is 0 Å². The van der Waals surface area contributed by atoms with Crippen LogP contribution < -0.4 is 15.8 Å². The summed E-state index contributed by atoms with van der Waals surface area (Å²) in [5, 5.41) is 2.77. The number of aliphatic imine (C=N–C) groups is 1. The van der Waals surface area contributed by atoms with Crippen LogP contribution in [0.25, 0.3) is 0 Å². The molecular formula is C9H12FN3O. The zero-order chi connectivity index (χ0) is 10.6. The quantitative estimate of drug-likeness (QED) is 0.553. The van der Waals surface area contributed by atoms with Crippen molar-refractivity contribution in [3.8, 4) is 5.75 Å². The van der Waals surface area contributed by atoms with Crippen LogP contribution >= 0.6 is 0 Å². The Labute approximate surface area is 81.6 Å². The van der Waals surface area contributed by atoms with E-state index in [4.69, 9.17) is 10.5 Å². The lowest BCUT2D eigenvalue weighted by Crippen LogP contribution is -2.21. The van der Waals surface area contributed by atoms with E-state index in [0.29, 0.717) is 5.69 Å². The second kappa shape index (κ2) is 4.45. The number of halogens is 1. The number of hydrogen-bond donors (Lipinski definition) is 2. The van der Waals surface area contributed by atoms with Crippen molar-refractivity contribution in [1.82, 2.24) is 0 Å². The van der Waals surface area contributed by atoms with Crippen LogP contribution in [0.3, 0.4) is 0 Å². The lowest BCUT2D eigenvalue weighted by atomic mass is 10.3. The highest BCUT2D eigenvalue weighted by Gasteiger charge is 2.03. The molecule has 0 atom stereocenters. The summed E-state index contributed by atoms with van der Waals surface area (Å²) >= 11 is 0. The molecule has 0 bridgehead atoms. The summed E-state index contributed by atoms with van der Waals surface area (Å²) in [6.07, 6.45) is 0. The molecule has 0 fully saturated rings. The van der Waals surface area contributed by atoms with Crippen molar-refractivity contribution in [2.45, 2.75) is 0 Å². The van der Waals surface area contributed by atoms with Gasteiger partial charge in [-0.25, -0.2) is 4.39 Å². The first-order valence-corrected chi connectivity index (χ1v) is 4.00. The molecule has 0 aliphatic heterocycles. The van der Waals surface area contributed by atoms with Gasteiger partial charge < -0.3 is 15.8 Å². The molecule has 1 aromatic rings. The van der Waals surface area contributed by atoms with Gasteiger partial charge in [-0.05, 0) is 12.1 Å². The number of benzene rings is 1. The molecule has 3 N–H and O–H groups in total. The van der Waals surface area contributed by atoms with Crippen molar-refractivity contribution in [2.24, 2.45) is 10.7 Å². The molecule has 14 heavy (non-hydrogen) atoms. The summed E-state index contributed by atoms with van der Waals surface area (Å²) in [4.78, 5) is 3.71. The monoisotopic (exact) mass is 197 g/mol. The molecule has 0 heterocycles. The Kier molecular flexibility index (Phi) is 3.28. The highest BCUT2D eigenvalue weighted by molar-refractivity contribution is 5.92. The Bertz CT molecular complexity index is 352. The largest absolute Gasteiger partial charge is 0.494 e. The third kappa shape index (κ3) is 2.35. The summed E-state index contributed by atoms with van der Waals surface area (Å²) in [6, 6.07) is 4.35. The molecule has 0 aliphatic rings. The predicted molar refractivity (Wildman–Crippen MR) is 54.1 cm³/mol. The van der Waals surface area contributed by atoms with E-state index in [0.717, 1.165) is 0 Å². The van der Waals surface area contributed by atoms with E-state index in [1.165, 1.54) is 19.2 Å². The fraction of sp³-hybridized carbons (Fsp3) is 0.222. The number of methoxy groups -OCH3 is 1. The van der Waals surface area contributed by atoms with Crippen molar-refractivity contribution < 1.29 is 9.13 Å². The van der Waals surface area contributed by atoms with Gasteiger partial charge in [0, 0.05) is 18.8 Å². The van der Waals surface area contributed by atoms with E-state index in [1.54, 1.807) is 13.1 Å². The number of nitrogens with one attached hydrogen (secondary N) is 1. The third-order valence-corrected chi connectivity index (χ3v) is 1.66. The summed E-state index contributed by atoms with van der Waals surface area (Å²) < 4.78 is 17.8. The predicted octanol–water partition coefficient (Wildman–Crippen LogP) is 1.19. The molecule has 0 radical (unpaired) electrons. The third-order valence-electron chi connectivity index (χ3n) is 1.66. The molecule has 0 unspecified atom stereocenters. The summed E-state index contributed by atoms with van der Waals surface area (Å²) in [5.74, 6) is 0.0163. The van der Waals surface area contributed by atoms with Crippen LogP contribution in [0.5, 0.6) is 5.75 Å². The van der Waals surface area contributed by atoms with Gasteiger partial charge >= 0.3 is 0 Å². The van der Waals surface area contributed by atoms with Gasteiger partial charge in [-0.3, -0.25) is 4.99 Å². The summed E-state index contributed by atoms with van der Waals surface area (Å²) in [6.45, 7) is 0. The Hall–Kier alpha value is -1.78. The standard InChI is InChI=1S/C9H12FN3O/c1-12-9(11)13-6-3-4-7(10)8(5-6)14-2/h3-5H,1-2H3,(H3,11,12,13). The maximum atomic E-state index is 13.0. The van der Waals surface area contributed by atoms with Gasteiger partial charge in [-0.1, -0.05) is 0 Å². The first-order valence-electron chi connectivity index (χ1n) is 4.00. The summed E-state index contributed by atoms with van der Waals surface area (Å²) in [7, 11) is 2.96. The zero-order valence-electron chi connectivity index (χ0n) is 8.04. The minimum Gasteiger partial charge on any atom is -0.494 e. The first-order chi connectivity index (χ1) is 6.67. The van der Waals surface area contributed by atoms with Crippen molar-refractivity contribution in [1.29, 1.82) is 0 Å². The molecule has 0 amide bonds. The number of ether oxygens (including phenoxy) is 1. The topological polar surface area (TPSA) is 59.6 Å². The van der Waals surface area contributed by atoms with Crippen molar-refractivity contribution >= 4 is 11.6 Å². The SMILES string of the molecule is CN=C(N)Nc1ccc(F)c(OC)c1. The molecule has 0 aromatic heterocycles. The average molecular weight is 197 g/mol. The molecule has 0 spiro atoms. The van der Waals surface area contributed by atoms with Crippen molar-refractivity contribution in [3.05, 3.63) is 24.0 Å². The van der Waals surface area contributed by atoms with Gasteiger partial charge in [-0.2, -0.15) is 0 Å². The van der Waals surface area contributed by atoms with Crippen LogP contribution in [0.2, 0.25) is 0 Å². The molecule has 0 saturated heterocycles. The Morgan fingerprint density at radius 2 is 2.29 bits per heavy atom. The highest BCUT2D eigenvalue weighted by Crippen LogP contribution is 2.20. The molecular weight excluding hydrogens is 185 g/mol. The molecule has 5 heteroatoms. The minimum atomic E-state index is -0.412. The Balaban J connectivity index is 2.90. The van der Waals surface area contributed by atoms with Gasteiger partial charge in [0.05, 0.1) is 7.11 Å². The molecule has 76 valence electrons. The smallest absolute Gasteiger partial charge is 0.192 e. The van der Waals surface area contributed by atoms with E-state index >= 15 is 0 Å². The van der Waals surface area contributed by atoms with Gasteiger partial charge in [0.15, 0.2) is 17.5 Å². The average Bonchev–Trinajstić information content (AvgIpc) is 2.20. The number of anilines is 1. The van der Waals surface area contributed by atoms with Crippen LogP contribution in [-0.4, -0.2) is 20.1 Å². The van der Waals surface area contributed by atoms with Crippen LogP contribution in [0.1, 0.15) is 0 Å². The van der Waals surface area contributed by atoms with Gasteiger partial charge in [0.1, 0.15) is 0 Å². The van der Waals surface area contributed by atoms with Crippen LogP contribution in [-0.2, 0) is 0 Å². The first kappa shape index (κ1) is 10.3. The molecule has 1 rings (SSSR count). The van der Waals surface area contributed by atoms with E-state index in [2.05, 4.69) is 10.3 Å². The normalized spacial score (nSPS) is 11.2. The maximum absolute atomic E-state index is 13.0. The second-order valence-electron chi connectivity index (χ2n) is 2.58. The van der Waals surface area contributed by atoms with Gasteiger partial charge in [-0.15, -0.1) is 0 Å². The fourth-order valence-electron chi connectivity index (χ4n) is 0.941. The van der Waals surface area contributed by atoms with Crippen LogP contribution in [0.4, 0.5) is 10.1 Å². The number of hydrogen-bond acceptors (Lipinski definition) is 2. The van der Waals surface area contributed by atoms with E-state index in [1.807, 2.05) is 0 Å². The van der Waals surface area contributed by atoms with Crippen LogP contribution in [0.15, 0.2) is 23.2 Å². The van der Waals surface area contributed by atoms with E-state index < -0.39 is 5.82 Å². The number of guanidine groups is 1. The van der Waals surface area contributed by atoms with Gasteiger partial charge in [0.2, 0.25) is 0 Å². The van der Waals surface area contributed by atoms with E-state index in [-0.39, 0.29) is 11.7 Å². The van der Waals surface area contributed by atoms with Gasteiger partial charge in [0.25, 0.3) is 0 Å². The number of nitrogens with zero attached hydrogens (tertiary/aromatic N) is 1. The fourth-order valence-corrected chi connectivity index (χ4v) is 0.941. The van der Waals surface area contributed by atoms with Crippen molar-refractivity contribution in [2.75, 3.05) is 19.5 Å². The van der Waals surface area contributed by atoms with E-state index in [9.17, 15) is 4.39 Å². The highest BCUT2D eigenvalue weighted by atomic mass is 19.1. The number of rotatable bonds is 2. The lowest BCUT2D eigenvalue weighted by Gasteiger charge is -2.07. The molecule has 1 aromatic carbocycles. The molecule has 0 aliphatic carbocycles. The number of nitrogens with two attached hydrogens (primary N) is 1. The zero-order valence-corrected chi connectivity index (χ0v) is 8.04.